The first-order valence-electron chi connectivity index (χ1n) is 10.8. The van der Waals surface area contributed by atoms with Gasteiger partial charge in [0.2, 0.25) is 0 Å². The van der Waals surface area contributed by atoms with E-state index in [0.29, 0.717) is 18.7 Å². The van der Waals surface area contributed by atoms with Gasteiger partial charge in [-0.15, -0.1) is 0 Å². The maximum absolute atomic E-state index is 12.4. The highest BCUT2D eigenvalue weighted by Gasteiger charge is 2.32. The summed E-state index contributed by atoms with van der Waals surface area (Å²) in [7, 11) is 0. The molecule has 0 saturated heterocycles. The van der Waals surface area contributed by atoms with E-state index in [1.54, 1.807) is 0 Å². The van der Waals surface area contributed by atoms with Gasteiger partial charge in [-0.1, -0.05) is 54.6 Å². The Morgan fingerprint density at radius 1 is 0.968 bits per heavy atom. The molecule has 31 heavy (non-hydrogen) atoms. The SMILES string of the molecule is CC1(C)Cc2cccc(OCc3ccc(C(=O)NCCCc4ccccc4)cc3)c2O1. The van der Waals surface area contributed by atoms with Crippen LogP contribution in [0.2, 0.25) is 0 Å². The first-order valence-corrected chi connectivity index (χ1v) is 10.8. The maximum atomic E-state index is 12.4. The fourth-order valence-corrected chi connectivity index (χ4v) is 3.86. The van der Waals surface area contributed by atoms with Gasteiger partial charge >= 0.3 is 0 Å². The molecule has 3 aromatic carbocycles. The molecule has 3 aromatic rings. The predicted molar refractivity (Wildman–Crippen MR) is 123 cm³/mol. The molecule has 1 N–H and O–H groups in total. The number of aryl methyl sites for hydroxylation is 1. The minimum absolute atomic E-state index is 0.0444. The van der Waals surface area contributed by atoms with Crippen LogP contribution in [0.5, 0.6) is 11.5 Å². The lowest BCUT2D eigenvalue weighted by Gasteiger charge is -2.18. The molecule has 1 aliphatic rings. The Hall–Kier alpha value is -3.27. The molecule has 160 valence electrons. The Morgan fingerprint density at radius 2 is 1.74 bits per heavy atom. The third-order valence-electron chi connectivity index (χ3n) is 5.44. The summed E-state index contributed by atoms with van der Waals surface area (Å²) in [4.78, 5) is 12.4. The molecular formula is C27H29NO3. The molecule has 1 aliphatic heterocycles. The van der Waals surface area contributed by atoms with E-state index in [1.807, 2.05) is 54.6 Å². The zero-order valence-corrected chi connectivity index (χ0v) is 18.2. The number of nitrogens with one attached hydrogen (secondary N) is 1. The molecule has 0 unspecified atom stereocenters. The number of rotatable bonds is 8. The number of hydrogen-bond acceptors (Lipinski definition) is 3. The highest BCUT2D eigenvalue weighted by molar-refractivity contribution is 5.94. The van der Waals surface area contributed by atoms with E-state index in [1.165, 1.54) is 11.1 Å². The van der Waals surface area contributed by atoms with Crippen molar-refractivity contribution in [2.24, 2.45) is 0 Å². The quantitative estimate of drug-likeness (QED) is 0.505. The average molecular weight is 416 g/mol. The van der Waals surface area contributed by atoms with Gasteiger partial charge in [0, 0.05) is 24.1 Å². The van der Waals surface area contributed by atoms with Crippen molar-refractivity contribution < 1.29 is 14.3 Å². The van der Waals surface area contributed by atoms with Crippen molar-refractivity contribution in [2.45, 2.75) is 45.3 Å². The van der Waals surface area contributed by atoms with Gasteiger partial charge in [-0.2, -0.15) is 0 Å². The van der Waals surface area contributed by atoms with E-state index in [4.69, 9.17) is 9.47 Å². The van der Waals surface area contributed by atoms with Crippen LogP contribution >= 0.6 is 0 Å². The molecule has 0 aromatic heterocycles. The molecule has 4 heteroatoms. The van der Waals surface area contributed by atoms with Crippen LogP contribution in [0, 0.1) is 0 Å². The lowest BCUT2D eigenvalue weighted by Crippen LogP contribution is -2.24. The summed E-state index contributed by atoms with van der Waals surface area (Å²) in [5.74, 6) is 1.57. The number of para-hydroxylation sites is 1. The molecule has 1 amide bonds. The first-order chi connectivity index (χ1) is 15.0. The Bertz CT molecular complexity index is 1030. The van der Waals surface area contributed by atoms with Crippen LogP contribution in [0.15, 0.2) is 72.8 Å². The minimum Gasteiger partial charge on any atom is -0.485 e. The monoisotopic (exact) mass is 415 g/mol. The zero-order chi connectivity index (χ0) is 21.7. The molecule has 4 rings (SSSR count). The van der Waals surface area contributed by atoms with Crippen molar-refractivity contribution in [3.63, 3.8) is 0 Å². The average Bonchev–Trinajstić information content (AvgIpc) is 3.10. The fourth-order valence-electron chi connectivity index (χ4n) is 3.86. The van der Waals surface area contributed by atoms with Gasteiger partial charge in [0.25, 0.3) is 5.91 Å². The Morgan fingerprint density at radius 3 is 2.52 bits per heavy atom. The molecule has 4 nitrogen and oxygen atoms in total. The molecule has 1 heterocycles. The number of carbonyl (C=O) groups is 1. The summed E-state index contributed by atoms with van der Waals surface area (Å²) in [6, 6.07) is 23.9. The van der Waals surface area contributed by atoms with Gasteiger partial charge in [-0.3, -0.25) is 4.79 Å². The van der Waals surface area contributed by atoms with Crippen LogP contribution in [0.25, 0.3) is 0 Å². The van der Waals surface area contributed by atoms with Crippen molar-refractivity contribution >= 4 is 5.91 Å². The van der Waals surface area contributed by atoms with Gasteiger partial charge in [0.05, 0.1) is 0 Å². The van der Waals surface area contributed by atoms with E-state index < -0.39 is 0 Å². The second kappa shape index (κ2) is 9.25. The van der Waals surface area contributed by atoms with Crippen LogP contribution in [-0.2, 0) is 19.4 Å². The van der Waals surface area contributed by atoms with Crippen LogP contribution in [0.3, 0.4) is 0 Å². The topological polar surface area (TPSA) is 47.6 Å². The lowest BCUT2D eigenvalue weighted by atomic mass is 10.0. The van der Waals surface area contributed by atoms with Crippen molar-refractivity contribution in [1.29, 1.82) is 0 Å². The highest BCUT2D eigenvalue weighted by Crippen LogP contribution is 2.41. The second-order valence-electron chi connectivity index (χ2n) is 8.61. The minimum atomic E-state index is -0.197. The normalized spacial score (nSPS) is 13.9. The van der Waals surface area contributed by atoms with Crippen molar-refractivity contribution in [3.05, 3.63) is 95.1 Å². The molecule has 0 saturated carbocycles. The van der Waals surface area contributed by atoms with Crippen LogP contribution in [0.1, 0.15) is 47.3 Å². The smallest absolute Gasteiger partial charge is 0.251 e. The zero-order valence-electron chi connectivity index (χ0n) is 18.2. The number of benzene rings is 3. The van der Waals surface area contributed by atoms with Gasteiger partial charge in [-0.05, 0) is 56.0 Å². The van der Waals surface area contributed by atoms with Crippen LogP contribution in [0.4, 0.5) is 0 Å². The van der Waals surface area contributed by atoms with E-state index in [2.05, 4.69) is 37.4 Å². The molecule has 0 atom stereocenters. The largest absolute Gasteiger partial charge is 0.485 e. The summed E-state index contributed by atoms with van der Waals surface area (Å²) in [5, 5.41) is 3.00. The second-order valence-corrected chi connectivity index (χ2v) is 8.61. The number of carbonyl (C=O) groups excluding carboxylic acids is 1. The van der Waals surface area contributed by atoms with E-state index in [9.17, 15) is 4.79 Å². The summed E-state index contributed by atoms with van der Waals surface area (Å²) >= 11 is 0. The summed E-state index contributed by atoms with van der Waals surface area (Å²) in [6.45, 7) is 5.26. The number of amides is 1. The van der Waals surface area contributed by atoms with E-state index in [-0.39, 0.29) is 11.5 Å². The predicted octanol–water partition coefficient (Wildman–Crippen LogP) is 5.34. The number of ether oxygens (including phenoxy) is 2. The van der Waals surface area contributed by atoms with Crippen molar-refractivity contribution in [1.82, 2.24) is 5.32 Å². The Labute approximate surface area is 184 Å². The molecular weight excluding hydrogens is 386 g/mol. The third-order valence-corrected chi connectivity index (χ3v) is 5.44. The van der Waals surface area contributed by atoms with Crippen LogP contribution < -0.4 is 14.8 Å². The van der Waals surface area contributed by atoms with Gasteiger partial charge in [-0.25, -0.2) is 0 Å². The first kappa shape index (κ1) is 21.0. The molecule has 0 radical (unpaired) electrons. The number of hydrogen-bond donors (Lipinski definition) is 1. The molecule has 0 spiro atoms. The third kappa shape index (κ3) is 5.46. The summed E-state index contributed by atoms with van der Waals surface area (Å²) in [5.41, 5.74) is 3.95. The maximum Gasteiger partial charge on any atom is 0.251 e. The van der Waals surface area contributed by atoms with E-state index >= 15 is 0 Å². The molecule has 0 fully saturated rings. The van der Waals surface area contributed by atoms with Gasteiger partial charge in [0.15, 0.2) is 11.5 Å². The van der Waals surface area contributed by atoms with E-state index in [0.717, 1.165) is 36.3 Å². The Kier molecular flexibility index (Phi) is 6.26. The fraction of sp³-hybridized carbons (Fsp3) is 0.296. The summed E-state index contributed by atoms with van der Waals surface area (Å²) in [6.07, 6.45) is 2.76. The lowest BCUT2D eigenvalue weighted by molar-refractivity contribution is 0.0953. The number of fused-ring (bicyclic) bond motifs is 1. The van der Waals surface area contributed by atoms with Crippen molar-refractivity contribution in [2.75, 3.05) is 6.54 Å². The Balaban J connectivity index is 1.26. The molecule has 0 aliphatic carbocycles. The van der Waals surface area contributed by atoms with Crippen LogP contribution in [-0.4, -0.2) is 18.1 Å². The van der Waals surface area contributed by atoms with Crippen molar-refractivity contribution in [3.8, 4) is 11.5 Å². The summed E-state index contributed by atoms with van der Waals surface area (Å²) < 4.78 is 12.1. The highest BCUT2D eigenvalue weighted by atomic mass is 16.5. The van der Waals surface area contributed by atoms with Gasteiger partial charge < -0.3 is 14.8 Å². The molecule has 0 bridgehead atoms. The standard InChI is InChI=1S/C27H29NO3/c1-27(2)18-23-11-6-12-24(25(23)31-27)30-19-21-13-15-22(16-14-21)26(29)28-17-7-10-20-8-4-3-5-9-20/h3-6,8-9,11-16H,7,10,17-19H2,1-2H3,(H,28,29). The van der Waals surface area contributed by atoms with Gasteiger partial charge in [0.1, 0.15) is 12.2 Å².